The predicted molar refractivity (Wildman–Crippen MR) is 97.7 cm³/mol. The van der Waals surface area contributed by atoms with Gasteiger partial charge in [0.25, 0.3) is 0 Å². The van der Waals surface area contributed by atoms with Crippen molar-refractivity contribution in [3.63, 3.8) is 0 Å². The zero-order chi connectivity index (χ0) is 16.9. The SMILES string of the molecule is CCC(C)NC(=O)CCNC(=NC)NCCCCC1CCCC1. The van der Waals surface area contributed by atoms with Crippen LogP contribution in [0.15, 0.2) is 4.99 Å². The zero-order valence-electron chi connectivity index (χ0n) is 15.3. The van der Waals surface area contributed by atoms with Gasteiger partial charge in [0.1, 0.15) is 0 Å². The number of hydrogen-bond acceptors (Lipinski definition) is 2. The number of carbonyl (C=O) groups is 1. The summed E-state index contributed by atoms with van der Waals surface area (Å²) in [4.78, 5) is 15.9. The molecule has 0 saturated heterocycles. The zero-order valence-corrected chi connectivity index (χ0v) is 15.3. The van der Waals surface area contributed by atoms with Gasteiger partial charge in [0.2, 0.25) is 5.91 Å². The van der Waals surface area contributed by atoms with Crippen molar-refractivity contribution < 1.29 is 4.79 Å². The van der Waals surface area contributed by atoms with Crippen LogP contribution < -0.4 is 16.0 Å². The van der Waals surface area contributed by atoms with Crippen LogP contribution in [0.4, 0.5) is 0 Å². The van der Waals surface area contributed by atoms with Crippen molar-refractivity contribution in [2.45, 2.75) is 77.7 Å². The Kier molecular flexibility index (Phi) is 10.5. The standard InChI is InChI=1S/C18H36N4O/c1-4-15(2)22-17(23)12-14-21-18(19-3)20-13-8-7-11-16-9-5-6-10-16/h15-16H,4-14H2,1-3H3,(H,22,23)(H2,19,20,21). The highest BCUT2D eigenvalue weighted by Crippen LogP contribution is 2.28. The summed E-state index contributed by atoms with van der Waals surface area (Å²) < 4.78 is 0. The van der Waals surface area contributed by atoms with E-state index in [1.807, 2.05) is 6.92 Å². The van der Waals surface area contributed by atoms with Crippen molar-refractivity contribution in [1.82, 2.24) is 16.0 Å². The number of nitrogens with one attached hydrogen (secondary N) is 3. The number of rotatable bonds is 10. The fourth-order valence-corrected chi connectivity index (χ4v) is 3.03. The predicted octanol–water partition coefficient (Wildman–Crippen LogP) is 2.82. The van der Waals surface area contributed by atoms with E-state index in [9.17, 15) is 4.79 Å². The molecule has 0 spiro atoms. The molecular weight excluding hydrogens is 288 g/mol. The van der Waals surface area contributed by atoms with Gasteiger partial charge in [0.05, 0.1) is 0 Å². The quantitative estimate of drug-likeness (QED) is 0.329. The average Bonchev–Trinajstić information content (AvgIpc) is 3.06. The first-order valence-corrected chi connectivity index (χ1v) is 9.39. The minimum atomic E-state index is 0.0962. The fourth-order valence-electron chi connectivity index (χ4n) is 3.03. The second kappa shape index (κ2) is 12.2. The third kappa shape index (κ3) is 9.47. The summed E-state index contributed by atoms with van der Waals surface area (Å²) in [5.74, 6) is 1.87. The summed E-state index contributed by atoms with van der Waals surface area (Å²) >= 11 is 0. The molecule has 1 rings (SSSR count). The maximum Gasteiger partial charge on any atom is 0.221 e. The topological polar surface area (TPSA) is 65.5 Å². The van der Waals surface area contributed by atoms with Crippen LogP contribution in [0, 0.1) is 5.92 Å². The van der Waals surface area contributed by atoms with Gasteiger partial charge in [-0.05, 0) is 25.7 Å². The molecule has 0 radical (unpaired) electrons. The van der Waals surface area contributed by atoms with E-state index in [2.05, 4.69) is 27.9 Å². The molecule has 23 heavy (non-hydrogen) atoms. The minimum absolute atomic E-state index is 0.0962. The van der Waals surface area contributed by atoms with Gasteiger partial charge in [-0.3, -0.25) is 9.79 Å². The normalized spacial score (nSPS) is 17.1. The van der Waals surface area contributed by atoms with E-state index in [0.717, 1.165) is 24.8 Å². The highest BCUT2D eigenvalue weighted by Gasteiger charge is 2.13. The van der Waals surface area contributed by atoms with Crippen molar-refractivity contribution in [3.8, 4) is 0 Å². The molecule has 5 nitrogen and oxygen atoms in total. The maximum atomic E-state index is 11.7. The van der Waals surface area contributed by atoms with Crippen molar-refractivity contribution in [2.24, 2.45) is 10.9 Å². The van der Waals surface area contributed by atoms with Gasteiger partial charge in [-0.1, -0.05) is 45.4 Å². The molecule has 0 aromatic rings. The number of guanidine groups is 1. The molecule has 1 atom stereocenters. The molecule has 0 bridgehead atoms. The number of aliphatic imine (C=N–C) groups is 1. The van der Waals surface area contributed by atoms with Gasteiger partial charge in [-0.25, -0.2) is 0 Å². The summed E-state index contributed by atoms with van der Waals surface area (Å²) in [5.41, 5.74) is 0. The van der Waals surface area contributed by atoms with E-state index in [1.165, 1.54) is 44.9 Å². The van der Waals surface area contributed by atoms with Gasteiger partial charge >= 0.3 is 0 Å². The second-order valence-corrected chi connectivity index (χ2v) is 6.70. The van der Waals surface area contributed by atoms with E-state index >= 15 is 0 Å². The van der Waals surface area contributed by atoms with E-state index < -0.39 is 0 Å². The number of nitrogens with zero attached hydrogens (tertiary/aromatic N) is 1. The molecule has 0 aliphatic heterocycles. The van der Waals surface area contributed by atoms with Crippen molar-refractivity contribution >= 4 is 11.9 Å². The smallest absolute Gasteiger partial charge is 0.221 e. The van der Waals surface area contributed by atoms with Crippen LogP contribution in [-0.4, -0.2) is 38.0 Å². The second-order valence-electron chi connectivity index (χ2n) is 6.70. The monoisotopic (exact) mass is 324 g/mol. The molecule has 1 saturated carbocycles. The minimum Gasteiger partial charge on any atom is -0.356 e. The largest absolute Gasteiger partial charge is 0.356 e. The lowest BCUT2D eigenvalue weighted by Gasteiger charge is -2.14. The summed E-state index contributed by atoms with van der Waals surface area (Å²) in [7, 11) is 1.77. The molecule has 134 valence electrons. The molecule has 0 aromatic carbocycles. The average molecular weight is 325 g/mol. The molecular formula is C18H36N4O. The maximum absolute atomic E-state index is 11.7. The van der Waals surface area contributed by atoms with E-state index in [0.29, 0.717) is 13.0 Å². The van der Waals surface area contributed by atoms with Crippen LogP contribution >= 0.6 is 0 Å². The van der Waals surface area contributed by atoms with Crippen molar-refractivity contribution in [3.05, 3.63) is 0 Å². The molecule has 3 N–H and O–H groups in total. The first kappa shape index (κ1) is 19.8. The van der Waals surface area contributed by atoms with Crippen LogP contribution in [0.2, 0.25) is 0 Å². The lowest BCUT2D eigenvalue weighted by atomic mass is 10.0. The van der Waals surface area contributed by atoms with Crippen molar-refractivity contribution in [1.29, 1.82) is 0 Å². The summed E-state index contributed by atoms with van der Waals surface area (Å²) in [5, 5.41) is 9.50. The Labute approximate surface area is 142 Å². The third-order valence-electron chi connectivity index (χ3n) is 4.69. The Balaban J connectivity index is 2.02. The first-order valence-electron chi connectivity index (χ1n) is 9.39. The summed E-state index contributed by atoms with van der Waals surface area (Å²) in [6.45, 7) is 5.66. The van der Waals surface area contributed by atoms with Crippen molar-refractivity contribution in [2.75, 3.05) is 20.1 Å². The van der Waals surface area contributed by atoms with Crippen LogP contribution in [0.1, 0.15) is 71.6 Å². The van der Waals surface area contributed by atoms with E-state index in [1.54, 1.807) is 7.05 Å². The van der Waals surface area contributed by atoms with Gasteiger partial charge < -0.3 is 16.0 Å². The van der Waals surface area contributed by atoms with Crippen LogP contribution in [0.5, 0.6) is 0 Å². The van der Waals surface area contributed by atoms with Crippen LogP contribution in [0.25, 0.3) is 0 Å². The van der Waals surface area contributed by atoms with Crippen LogP contribution in [0.3, 0.4) is 0 Å². The van der Waals surface area contributed by atoms with Crippen LogP contribution in [-0.2, 0) is 4.79 Å². The molecule has 1 aliphatic carbocycles. The molecule has 1 unspecified atom stereocenters. The number of hydrogen-bond donors (Lipinski definition) is 3. The lowest BCUT2D eigenvalue weighted by molar-refractivity contribution is -0.121. The van der Waals surface area contributed by atoms with Gasteiger partial charge in [0, 0.05) is 32.6 Å². The van der Waals surface area contributed by atoms with E-state index in [-0.39, 0.29) is 11.9 Å². The molecule has 5 heteroatoms. The Morgan fingerprint density at radius 3 is 2.52 bits per heavy atom. The lowest BCUT2D eigenvalue weighted by Crippen LogP contribution is -2.40. The number of carbonyl (C=O) groups excluding carboxylic acids is 1. The Morgan fingerprint density at radius 1 is 1.17 bits per heavy atom. The Bertz CT molecular complexity index is 351. The highest BCUT2D eigenvalue weighted by atomic mass is 16.1. The highest BCUT2D eigenvalue weighted by molar-refractivity contribution is 5.81. The fraction of sp³-hybridized carbons (Fsp3) is 0.889. The summed E-state index contributed by atoms with van der Waals surface area (Å²) in [6.07, 6.45) is 11.1. The molecule has 0 heterocycles. The molecule has 0 aromatic heterocycles. The van der Waals surface area contributed by atoms with Gasteiger partial charge in [-0.2, -0.15) is 0 Å². The molecule has 1 aliphatic rings. The molecule has 1 amide bonds. The van der Waals surface area contributed by atoms with Gasteiger partial charge in [-0.15, -0.1) is 0 Å². The van der Waals surface area contributed by atoms with Gasteiger partial charge in [0.15, 0.2) is 5.96 Å². The first-order chi connectivity index (χ1) is 11.2. The Hall–Kier alpha value is -1.26. The number of unbranched alkanes of at least 4 members (excludes halogenated alkanes) is 1. The van der Waals surface area contributed by atoms with E-state index in [4.69, 9.17) is 0 Å². The summed E-state index contributed by atoms with van der Waals surface area (Å²) in [6, 6.07) is 0.250. The Morgan fingerprint density at radius 2 is 1.87 bits per heavy atom. The number of amides is 1. The molecule has 1 fully saturated rings. The third-order valence-corrected chi connectivity index (χ3v) is 4.69.